The number of carbonyl (C=O) groups excluding carboxylic acids is 2. The van der Waals surface area contributed by atoms with Crippen LogP contribution in [0.4, 0.5) is 5.69 Å². The van der Waals surface area contributed by atoms with E-state index >= 15 is 0 Å². The van der Waals surface area contributed by atoms with Gasteiger partial charge < -0.3 is 10.1 Å². The molecule has 0 saturated heterocycles. The molecule has 3 rings (SSSR count). The number of ether oxygens (including phenoxy) is 1. The van der Waals surface area contributed by atoms with E-state index in [1.807, 2.05) is 30.3 Å². The van der Waals surface area contributed by atoms with E-state index in [4.69, 9.17) is 16.3 Å². The summed E-state index contributed by atoms with van der Waals surface area (Å²) in [6.45, 7) is -0.0626. The molecular weight excluding hydrogens is 394 g/mol. The number of nitrogens with one attached hydrogen (secondary N) is 1. The molecule has 142 valence electrons. The van der Waals surface area contributed by atoms with Gasteiger partial charge in [-0.05, 0) is 48.5 Å². The molecule has 0 bridgehead atoms. The van der Waals surface area contributed by atoms with Crippen LogP contribution >= 0.6 is 23.4 Å². The second-order valence-electron chi connectivity index (χ2n) is 5.87. The first-order valence-electron chi connectivity index (χ1n) is 8.60. The lowest BCUT2D eigenvalue weighted by molar-refractivity contribution is -0.118. The van der Waals surface area contributed by atoms with Gasteiger partial charge in [0, 0.05) is 16.1 Å². The smallest absolute Gasteiger partial charge is 0.262 e. The van der Waals surface area contributed by atoms with Crippen LogP contribution in [-0.2, 0) is 4.79 Å². The second-order valence-corrected chi connectivity index (χ2v) is 7.32. The molecule has 0 unspecified atom stereocenters. The van der Waals surface area contributed by atoms with Gasteiger partial charge in [0.2, 0.25) is 0 Å². The Bertz CT molecular complexity index is 946. The maximum atomic E-state index is 12.3. The first-order chi connectivity index (χ1) is 13.6. The zero-order valence-corrected chi connectivity index (χ0v) is 16.5. The summed E-state index contributed by atoms with van der Waals surface area (Å²) in [6, 6.07) is 23.5. The highest BCUT2D eigenvalue weighted by Crippen LogP contribution is 2.23. The van der Waals surface area contributed by atoms with Crippen molar-refractivity contribution in [1.29, 1.82) is 0 Å². The summed E-state index contributed by atoms with van der Waals surface area (Å²) in [4.78, 5) is 25.2. The molecule has 1 N–H and O–H groups in total. The lowest BCUT2D eigenvalue weighted by Crippen LogP contribution is -2.20. The Labute approximate surface area is 172 Å². The minimum atomic E-state index is -0.238. The van der Waals surface area contributed by atoms with Crippen LogP contribution in [0.1, 0.15) is 10.4 Å². The number of carbonyl (C=O) groups is 2. The molecule has 6 heteroatoms. The van der Waals surface area contributed by atoms with Gasteiger partial charge >= 0.3 is 0 Å². The lowest BCUT2D eigenvalue weighted by atomic mass is 10.1. The molecule has 0 aromatic heterocycles. The quantitative estimate of drug-likeness (QED) is 0.402. The Morgan fingerprint density at radius 1 is 0.893 bits per heavy atom. The molecule has 28 heavy (non-hydrogen) atoms. The van der Waals surface area contributed by atoms with Crippen LogP contribution in [0.3, 0.4) is 0 Å². The van der Waals surface area contributed by atoms with E-state index in [0.717, 1.165) is 4.90 Å². The number of benzene rings is 3. The van der Waals surface area contributed by atoms with E-state index < -0.39 is 0 Å². The highest BCUT2D eigenvalue weighted by Gasteiger charge is 2.10. The minimum Gasteiger partial charge on any atom is -0.484 e. The van der Waals surface area contributed by atoms with Crippen molar-refractivity contribution in [2.45, 2.75) is 4.90 Å². The van der Waals surface area contributed by atoms with Crippen molar-refractivity contribution < 1.29 is 14.3 Å². The summed E-state index contributed by atoms with van der Waals surface area (Å²) >= 11 is 7.48. The molecule has 3 aromatic carbocycles. The Morgan fingerprint density at radius 3 is 2.29 bits per heavy atom. The van der Waals surface area contributed by atoms with Crippen LogP contribution in [0.5, 0.6) is 5.75 Å². The number of rotatable bonds is 8. The molecular formula is C22H18ClNO3S. The molecule has 0 heterocycles. The highest BCUT2D eigenvalue weighted by atomic mass is 35.5. The molecule has 0 radical (unpaired) electrons. The van der Waals surface area contributed by atoms with Crippen LogP contribution in [0.15, 0.2) is 83.8 Å². The van der Waals surface area contributed by atoms with Gasteiger partial charge in [-0.2, -0.15) is 0 Å². The molecule has 0 aliphatic heterocycles. The Hall–Kier alpha value is -2.76. The first kappa shape index (κ1) is 20.0. The predicted octanol–water partition coefficient (Wildman–Crippen LogP) is 5.33. The molecule has 0 aliphatic carbocycles. The number of amides is 1. The van der Waals surface area contributed by atoms with E-state index in [0.29, 0.717) is 27.8 Å². The normalized spacial score (nSPS) is 10.3. The molecule has 4 nitrogen and oxygen atoms in total. The summed E-state index contributed by atoms with van der Waals surface area (Å²) in [5.41, 5.74) is 1.20. The van der Waals surface area contributed by atoms with Gasteiger partial charge in [0.05, 0.1) is 10.8 Å². The van der Waals surface area contributed by atoms with Gasteiger partial charge in [-0.25, -0.2) is 0 Å². The molecule has 0 aliphatic rings. The molecule has 3 aromatic rings. The molecule has 0 atom stereocenters. The SMILES string of the molecule is O=C(COc1ccccc1)Nc1ccc(SCC(=O)c2ccccc2Cl)cc1. The van der Waals surface area contributed by atoms with Crippen LogP contribution in [0.25, 0.3) is 0 Å². The summed E-state index contributed by atoms with van der Waals surface area (Å²) in [7, 11) is 0. The van der Waals surface area contributed by atoms with Gasteiger partial charge in [0.15, 0.2) is 12.4 Å². The van der Waals surface area contributed by atoms with Gasteiger partial charge in [0.25, 0.3) is 5.91 Å². The predicted molar refractivity (Wildman–Crippen MR) is 114 cm³/mol. The van der Waals surface area contributed by atoms with E-state index in [9.17, 15) is 9.59 Å². The number of anilines is 1. The zero-order chi connectivity index (χ0) is 19.8. The van der Waals surface area contributed by atoms with E-state index in [1.54, 1.807) is 48.5 Å². The van der Waals surface area contributed by atoms with Crippen LogP contribution in [0, 0.1) is 0 Å². The van der Waals surface area contributed by atoms with Crippen LogP contribution in [0.2, 0.25) is 5.02 Å². The zero-order valence-electron chi connectivity index (χ0n) is 14.9. The Morgan fingerprint density at radius 2 is 1.57 bits per heavy atom. The van der Waals surface area contributed by atoms with E-state index in [2.05, 4.69) is 5.32 Å². The molecule has 0 fully saturated rings. The average Bonchev–Trinajstić information content (AvgIpc) is 2.72. The van der Waals surface area contributed by atoms with Crippen molar-refractivity contribution in [2.24, 2.45) is 0 Å². The lowest BCUT2D eigenvalue weighted by Gasteiger charge is -2.08. The number of para-hydroxylation sites is 1. The van der Waals surface area contributed by atoms with Crippen LogP contribution in [-0.4, -0.2) is 24.1 Å². The van der Waals surface area contributed by atoms with Crippen molar-refractivity contribution in [1.82, 2.24) is 0 Å². The van der Waals surface area contributed by atoms with Crippen molar-refractivity contribution >= 4 is 40.7 Å². The van der Waals surface area contributed by atoms with Crippen molar-refractivity contribution in [3.8, 4) is 5.75 Å². The summed E-state index contributed by atoms with van der Waals surface area (Å²) < 4.78 is 5.42. The third-order valence-electron chi connectivity index (χ3n) is 3.80. The summed E-state index contributed by atoms with van der Waals surface area (Å²) in [5, 5.41) is 3.24. The summed E-state index contributed by atoms with van der Waals surface area (Å²) in [5.74, 6) is 0.678. The maximum absolute atomic E-state index is 12.3. The largest absolute Gasteiger partial charge is 0.484 e. The fraction of sp³-hybridized carbons (Fsp3) is 0.0909. The van der Waals surface area contributed by atoms with Gasteiger partial charge in [-0.15, -0.1) is 11.8 Å². The molecule has 0 spiro atoms. The number of hydrogen-bond acceptors (Lipinski definition) is 4. The Kier molecular flexibility index (Phi) is 7.12. The first-order valence-corrected chi connectivity index (χ1v) is 9.96. The van der Waals surface area contributed by atoms with Crippen molar-refractivity contribution in [3.05, 3.63) is 89.4 Å². The van der Waals surface area contributed by atoms with Crippen molar-refractivity contribution in [2.75, 3.05) is 17.7 Å². The molecule has 1 amide bonds. The number of Topliss-reactive ketones (excluding diaryl/α,β-unsaturated/α-hetero) is 1. The van der Waals surface area contributed by atoms with Gasteiger partial charge in [-0.1, -0.05) is 41.9 Å². The molecule has 0 saturated carbocycles. The standard InChI is InChI=1S/C22H18ClNO3S/c23-20-9-5-4-8-19(20)21(25)15-28-18-12-10-16(11-13-18)24-22(26)14-27-17-6-2-1-3-7-17/h1-13H,14-15H2,(H,24,26). The number of hydrogen-bond donors (Lipinski definition) is 1. The summed E-state index contributed by atoms with van der Waals surface area (Å²) in [6.07, 6.45) is 0. The maximum Gasteiger partial charge on any atom is 0.262 e. The van der Waals surface area contributed by atoms with E-state index in [1.165, 1.54) is 11.8 Å². The number of thioether (sulfide) groups is 1. The fourth-order valence-corrected chi connectivity index (χ4v) is 3.43. The monoisotopic (exact) mass is 411 g/mol. The third kappa shape index (κ3) is 5.87. The van der Waals surface area contributed by atoms with Gasteiger partial charge in [-0.3, -0.25) is 9.59 Å². The second kappa shape index (κ2) is 9.97. The average molecular weight is 412 g/mol. The number of halogens is 1. The van der Waals surface area contributed by atoms with Gasteiger partial charge in [0.1, 0.15) is 5.75 Å². The number of ketones is 1. The minimum absolute atomic E-state index is 0.0222. The third-order valence-corrected chi connectivity index (χ3v) is 5.14. The highest BCUT2D eigenvalue weighted by molar-refractivity contribution is 8.00. The fourth-order valence-electron chi connectivity index (χ4n) is 2.41. The Balaban J connectivity index is 1.47. The van der Waals surface area contributed by atoms with E-state index in [-0.39, 0.29) is 18.3 Å². The van der Waals surface area contributed by atoms with Crippen LogP contribution < -0.4 is 10.1 Å². The topological polar surface area (TPSA) is 55.4 Å². The van der Waals surface area contributed by atoms with Crippen molar-refractivity contribution in [3.63, 3.8) is 0 Å².